The topological polar surface area (TPSA) is 161 Å². The van der Waals surface area contributed by atoms with Gasteiger partial charge in [-0.3, -0.25) is 9.59 Å². The Kier molecular flexibility index (Phi) is 14.6. The third kappa shape index (κ3) is 10.1. The summed E-state index contributed by atoms with van der Waals surface area (Å²) in [5, 5.41) is 12.6. The number of nitrogens with zero attached hydrogens (tertiary/aromatic N) is 1. The molecule has 2 amide bonds. The number of carbonyl (C=O) groups excluding carboxylic acids is 3. The number of nitrogens with one attached hydrogen (secondary N) is 3. The van der Waals surface area contributed by atoms with Gasteiger partial charge in [-0.2, -0.15) is 0 Å². The van der Waals surface area contributed by atoms with Crippen molar-refractivity contribution in [3.8, 4) is 0 Å². The normalized spacial score (nSPS) is 18.4. The summed E-state index contributed by atoms with van der Waals surface area (Å²) in [6, 6.07) is 15.3. The summed E-state index contributed by atoms with van der Waals surface area (Å²) in [4.78, 5) is 42.1. The standard InChI is InChI=1S/C28H38N6O4.2ClH/c1-17(2)24(29)28(37)38-34-25(30)21-11-9-19(10-12-21)16-32-26(35)18(3)33-27(36)23-15-22(13-14-31-23)20-7-5-4-6-8-20;;/h4-12,17-18,22-24,31H,13-16,29H2,1-3H3,(H2,30,34)(H,32,35)(H,33,36);2*1H/t18?,22-,23+,24?;;/m0../s1. The van der Waals surface area contributed by atoms with Crippen molar-refractivity contribution in [3.05, 3.63) is 71.3 Å². The van der Waals surface area contributed by atoms with Crippen LogP contribution in [0.2, 0.25) is 0 Å². The molecule has 0 radical (unpaired) electrons. The van der Waals surface area contributed by atoms with E-state index >= 15 is 0 Å². The van der Waals surface area contributed by atoms with Gasteiger partial charge in [0.15, 0.2) is 5.84 Å². The zero-order valence-electron chi connectivity index (χ0n) is 23.0. The number of oxime groups is 1. The van der Waals surface area contributed by atoms with Gasteiger partial charge in [-0.25, -0.2) is 4.79 Å². The maximum atomic E-state index is 12.8. The first-order chi connectivity index (χ1) is 18.2. The molecule has 7 N–H and O–H groups in total. The van der Waals surface area contributed by atoms with Crippen molar-refractivity contribution in [3.63, 3.8) is 0 Å². The van der Waals surface area contributed by atoms with Crippen LogP contribution in [0.1, 0.15) is 56.2 Å². The van der Waals surface area contributed by atoms with Crippen molar-refractivity contribution in [2.75, 3.05) is 6.54 Å². The third-order valence-electron chi connectivity index (χ3n) is 6.68. The van der Waals surface area contributed by atoms with Crippen molar-refractivity contribution in [2.24, 2.45) is 22.5 Å². The molecular formula is C28H40Cl2N6O4. The molecule has 0 saturated carbocycles. The van der Waals surface area contributed by atoms with Gasteiger partial charge in [-0.15, -0.1) is 24.8 Å². The third-order valence-corrected chi connectivity index (χ3v) is 6.68. The highest BCUT2D eigenvalue weighted by Crippen LogP contribution is 2.27. The zero-order valence-corrected chi connectivity index (χ0v) is 24.6. The fraction of sp³-hybridized carbons (Fsp3) is 0.429. The van der Waals surface area contributed by atoms with E-state index in [1.807, 2.05) is 18.2 Å². The van der Waals surface area contributed by atoms with Crippen LogP contribution in [-0.4, -0.2) is 48.3 Å². The predicted molar refractivity (Wildman–Crippen MR) is 160 cm³/mol. The van der Waals surface area contributed by atoms with Gasteiger partial charge < -0.3 is 32.3 Å². The van der Waals surface area contributed by atoms with Crippen LogP contribution < -0.4 is 27.4 Å². The Bertz CT molecular complexity index is 1130. The first kappa shape index (κ1) is 34.8. The molecule has 10 nitrogen and oxygen atoms in total. The quantitative estimate of drug-likeness (QED) is 0.122. The smallest absolute Gasteiger partial charge is 0.351 e. The monoisotopic (exact) mass is 594 g/mol. The van der Waals surface area contributed by atoms with E-state index in [0.29, 0.717) is 17.9 Å². The summed E-state index contributed by atoms with van der Waals surface area (Å²) in [5.41, 5.74) is 14.2. The number of hydrogen-bond acceptors (Lipinski definition) is 7. The van der Waals surface area contributed by atoms with Crippen LogP contribution in [-0.2, 0) is 25.8 Å². The van der Waals surface area contributed by atoms with E-state index in [4.69, 9.17) is 16.3 Å². The predicted octanol–water partition coefficient (Wildman–Crippen LogP) is 2.33. The van der Waals surface area contributed by atoms with E-state index in [9.17, 15) is 14.4 Å². The van der Waals surface area contributed by atoms with Crippen molar-refractivity contribution in [1.82, 2.24) is 16.0 Å². The molecule has 2 aromatic carbocycles. The number of amidine groups is 1. The number of hydrogen-bond donors (Lipinski definition) is 5. The lowest BCUT2D eigenvalue weighted by molar-refractivity contribution is -0.146. The molecule has 1 heterocycles. The van der Waals surface area contributed by atoms with Crippen LogP contribution >= 0.6 is 24.8 Å². The highest BCUT2D eigenvalue weighted by molar-refractivity contribution is 5.97. The van der Waals surface area contributed by atoms with Gasteiger partial charge in [0.25, 0.3) is 0 Å². The lowest BCUT2D eigenvalue weighted by Crippen LogP contribution is -2.53. The molecule has 1 fully saturated rings. The minimum atomic E-state index is -0.783. The molecule has 1 saturated heterocycles. The van der Waals surface area contributed by atoms with Crippen LogP contribution in [0.15, 0.2) is 59.8 Å². The molecule has 2 unspecified atom stereocenters. The number of rotatable bonds is 10. The van der Waals surface area contributed by atoms with Gasteiger partial charge in [-0.1, -0.05) is 73.6 Å². The highest BCUT2D eigenvalue weighted by Gasteiger charge is 2.29. The molecule has 1 aliphatic heterocycles. The number of carbonyl (C=O) groups is 3. The Hall–Kier alpha value is -3.18. The minimum absolute atomic E-state index is 0. The fourth-order valence-electron chi connectivity index (χ4n) is 4.14. The van der Waals surface area contributed by atoms with Crippen molar-refractivity contribution < 1.29 is 19.2 Å². The highest BCUT2D eigenvalue weighted by atomic mass is 35.5. The molecule has 220 valence electrons. The number of halogens is 2. The summed E-state index contributed by atoms with van der Waals surface area (Å²) in [6.07, 6.45) is 1.66. The maximum absolute atomic E-state index is 12.8. The van der Waals surface area contributed by atoms with Crippen molar-refractivity contribution in [1.29, 1.82) is 0 Å². The Morgan fingerprint density at radius 2 is 1.70 bits per heavy atom. The average Bonchev–Trinajstić information content (AvgIpc) is 2.94. The molecule has 0 bridgehead atoms. The van der Waals surface area contributed by atoms with Gasteiger partial charge in [0.2, 0.25) is 11.8 Å². The van der Waals surface area contributed by atoms with Gasteiger partial charge in [-0.05, 0) is 49.3 Å². The molecule has 4 atom stereocenters. The molecule has 3 rings (SSSR count). The zero-order chi connectivity index (χ0) is 27.7. The molecule has 0 aromatic heterocycles. The Labute approximate surface area is 247 Å². The van der Waals surface area contributed by atoms with Crippen LogP contribution in [0, 0.1) is 5.92 Å². The van der Waals surface area contributed by atoms with Crippen molar-refractivity contribution >= 4 is 48.4 Å². The Balaban J connectivity index is 0.00000400. The molecule has 1 aliphatic rings. The summed E-state index contributed by atoms with van der Waals surface area (Å²) < 4.78 is 0. The molecule has 12 heteroatoms. The lowest BCUT2D eigenvalue weighted by Gasteiger charge is -2.30. The average molecular weight is 596 g/mol. The second kappa shape index (κ2) is 16.8. The van der Waals surface area contributed by atoms with E-state index in [-0.39, 0.29) is 61.0 Å². The minimum Gasteiger partial charge on any atom is -0.380 e. The Morgan fingerprint density at radius 3 is 2.33 bits per heavy atom. The van der Waals surface area contributed by atoms with Crippen LogP contribution in [0.25, 0.3) is 0 Å². The summed E-state index contributed by atoms with van der Waals surface area (Å²) >= 11 is 0. The largest absolute Gasteiger partial charge is 0.380 e. The van der Waals surface area contributed by atoms with Gasteiger partial charge in [0.1, 0.15) is 12.1 Å². The SMILES string of the molecule is CC(NC(=O)[C@H]1C[C@@H](c2ccccc2)CCN1)C(=O)NCc1ccc(/C(N)=N/OC(=O)C(N)C(C)C)cc1.Cl.Cl. The lowest BCUT2D eigenvalue weighted by atomic mass is 9.86. The summed E-state index contributed by atoms with van der Waals surface area (Å²) in [6.45, 7) is 6.29. The number of benzene rings is 2. The van der Waals surface area contributed by atoms with Gasteiger partial charge in [0, 0.05) is 12.1 Å². The Morgan fingerprint density at radius 1 is 1.05 bits per heavy atom. The van der Waals surface area contributed by atoms with Crippen LogP contribution in [0.4, 0.5) is 0 Å². The van der Waals surface area contributed by atoms with Crippen LogP contribution in [0.5, 0.6) is 0 Å². The number of amides is 2. The molecular weight excluding hydrogens is 555 g/mol. The second-order valence-electron chi connectivity index (χ2n) is 9.94. The second-order valence-corrected chi connectivity index (χ2v) is 9.94. The van der Waals surface area contributed by atoms with E-state index in [1.165, 1.54) is 5.56 Å². The maximum Gasteiger partial charge on any atom is 0.351 e. The first-order valence-corrected chi connectivity index (χ1v) is 12.9. The van der Waals surface area contributed by atoms with Crippen LogP contribution in [0.3, 0.4) is 0 Å². The van der Waals surface area contributed by atoms with Gasteiger partial charge >= 0.3 is 5.97 Å². The van der Waals surface area contributed by atoms with Gasteiger partial charge in [0.05, 0.1) is 6.04 Å². The van der Waals surface area contributed by atoms with E-state index in [2.05, 4.69) is 33.2 Å². The molecule has 40 heavy (non-hydrogen) atoms. The molecule has 2 aromatic rings. The first-order valence-electron chi connectivity index (χ1n) is 12.9. The van der Waals surface area contributed by atoms with E-state index < -0.39 is 18.1 Å². The van der Waals surface area contributed by atoms with Crippen molar-refractivity contribution in [2.45, 2.75) is 64.2 Å². The van der Waals surface area contributed by atoms with E-state index in [1.54, 1.807) is 45.0 Å². The number of nitrogens with two attached hydrogens (primary N) is 2. The number of piperidine rings is 1. The molecule has 0 spiro atoms. The summed E-state index contributed by atoms with van der Waals surface area (Å²) in [5.74, 6) is -0.856. The van der Waals surface area contributed by atoms with E-state index in [0.717, 1.165) is 18.5 Å². The summed E-state index contributed by atoms with van der Waals surface area (Å²) in [7, 11) is 0. The fourth-order valence-corrected chi connectivity index (χ4v) is 4.14. The molecule has 0 aliphatic carbocycles.